The third kappa shape index (κ3) is 47.6. The maximum absolute atomic E-state index is 9.60. The molecule has 2 N–H and O–H groups in total. The molecule has 8 nitrogen and oxygen atoms in total. The number of aliphatic carboxylic acids is 4. The van der Waals surface area contributed by atoms with Crippen molar-refractivity contribution in [3.63, 3.8) is 0 Å². The van der Waals surface area contributed by atoms with Crippen molar-refractivity contribution in [2.24, 2.45) is 0 Å². The van der Waals surface area contributed by atoms with E-state index >= 15 is 0 Å². The third-order valence-electron chi connectivity index (χ3n) is 3.31. The van der Waals surface area contributed by atoms with Crippen molar-refractivity contribution in [3.8, 4) is 0 Å². The van der Waals surface area contributed by atoms with Crippen LogP contribution in [0.3, 0.4) is 0 Å². The average Bonchev–Trinajstić information content (AvgIpc) is 2.82. The molecule has 0 bridgehead atoms. The molecule has 208 valence electrons. The number of aryl methyl sites for hydroxylation is 2. The summed E-state index contributed by atoms with van der Waals surface area (Å²) in [5, 5.41) is 34.8. The van der Waals surface area contributed by atoms with Crippen LogP contribution in [0.2, 0.25) is 0 Å². The molecule has 0 aliphatic carbocycles. The number of hydrogen-bond acceptors (Lipinski definition) is 6. The van der Waals surface area contributed by atoms with Crippen LogP contribution in [0.5, 0.6) is 0 Å². The molecule has 40 heavy (non-hydrogen) atoms. The van der Waals surface area contributed by atoms with E-state index in [-0.39, 0.29) is 60.0 Å². The fourth-order valence-electron chi connectivity index (χ4n) is 1.07. The van der Waals surface area contributed by atoms with E-state index in [1.807, 2.05) is 36.4 Å². The predicted octanol–water partition coefficient (Wildman–Crippen LogP) is -2.08. The topological polar surface area (TPSA) is 155 Å². The molecule has 2 aromatic carbocycles. The van der Waals surface area contributed by atoms with Gasteiger partial charge in [-0.15, -0.1) is 0 Å². The minimum absolute atomic E-state index is 0. The molecule has 10 heteroatoms. The SMILES string of the molecule is C=C(C)C(=O)O.C=C(C)C(=O)O.C=C(C)C(=O)[O-].C=C(C)C(=O)[O-].Cc1ccccc1.Cc1ccccc1.[Li+].[Li+]. The van der Waals surface area contributed by atoms with E-state index in [4.69, 9.17) is 10.2 Å². The summed E-state index contributed by atoms with van der Waals surface area (Å²) in [6, 6.07) is 20.5. The monoisotopic (exact) mass is 540 g/mol. The Morgan fingerprint density at radius 2 is 0.675 bits per heavy atom. The van der Waals surface area contributed by atoms with Crippen molar-refractivity contribution in [2.75, 3.05) is 0 Å². The fourth-order valence-corrected chi connectivity index (χ4v) is 1.07. The Labute approximate surface area is 262 Å². The van der Waals surface area contributed by atoms with Crippen LogP contribution in [0.15, 0.2) is 109 Å². The molecule has 0 aromatic heterocycles. The first-order chi connectivity index (χ1) is 17.4. The second-order valence-electron chi connectivity index (χ2n) is 7.62. The first-order valence-electron chi connectivity index (χ1n) is 10.9. The van der Waals surface area contributed by atoms with Crippen LogP contribution in [-0.4, -0.2) is 34.1 Å². The maximum atomic E-state index is 9.60. The molecule has 0 saturated heterocycles. The quantitative estimate of drug-likeness (QED) is 0.331. The van der Waals surface area contributed by atoms with E-state index in [0.29, 0.717) is 0 Å². The Morgan fingerprint density at radius 3 is 0.725 bits per heavy atom. The summed E-state index contributed by atoms with van der Waals surface area (Å²) < 4.78 is 0. The van der Waals surface area contributed by atoms with Gasteiger partial charge in [0.1, 0.15) is 0 Å². The Balaban J connectivity index is -0.0000000861. The van der Waals surface area contributed by atoms with Gasteiger partial charge in [0.25, 0.3) is 0 Å². The number of hydrogen-bond donors (Lipinski definition) is 2. The summed E-state index contributed by atoms with van der Waals surface area (Å²) >= 11 is 0. The maximum Gasteiger partial charge on any atom is 1.00 e. The molecule has 0 amide bonds. The fraction of sp³-hybridized carbons (Fsp3) is 0.200. The molecule has 0 heterocycles. The standard InChI is InChI=1S/2C7H8.4C4H6O2.2Li/c2*1-7-5-3-2-4-6-7;4*1-3(2)4(5)6;;/h2*2-6H,1H3;4*1H2,2H3,(H,5,6);;/q;;;;;;2*+1/p-2. The molecule has 0 fully saturated rings. The first-order valence-corrected chi connectivity index (χ1v) is 10.9. The van der Waals surface area contributed by atoms with Crippen LogP contribution in [0, 0.1) is 13.8 Å². The summed E-state index contributed by atoms with van der Waals surface area (Å²) in [7, 11) is 0. The van der Waals surface area contributed by atoms with Gasteiger partial charge in [0.15, 0.2) is 0 Å². The van der Waals surface area contributed by atoms with Crippen molar-refractivity contribution < 1.29 is 77.3 Å². The summed E-state index contributed by atoms with van der Waals surface area (Å²) in [5.74, 6) is -4.24. The minimum Gasteiger partial charge on any atom is -0.545 e. The minimum atomic E-state index is -1.19. The Bertz CT molecular complexity index is 866. The molecule has 0 radical (unpaired) electrons. The van der Waals surface area contributed by atoms with Gasteiger partial charge < -0.3 is 30.0 Å². The molecule has 0 atom stereocenters. The third-order valence-corrected chi connectivity index (χ3v) is 3.31. The first kappa shape index (κ1) is 49.4. The van der Waals surface area contributed by atoms with Crippen molar-refractivity contribution in [1.29, 1.82) is 0 Å². The molecular weight excluding hydrogens is 502 g/mol. The van der Waals surface area contributed by atoms with Gasteiger partial charge in [-0.2, -0.15) is 0 Å². The second-order valence-corrected chi connectivity index (χ2v) is 7.62. The number of carboxylic acids is 4. The van der Waals surface area contributed by atoms with Crippen LogP contribution >= 0.6 is 0 Å². The number of benzene rings is 2. The van der Waals surface area contributed by atoms with Gasteiger partial charge in [0.2, 0.25) is 0 Å². The number of rotatable bonds is 4. The Kier molecular flexibility index (Phi) is 39.2. The van der Waals surface area contributed by atoms with Gasteiger partial charge >= 0.3 is 49.7 Å². The van der Waals surface area contributed by atoms with Crippen LogP contribution < -0.4 is 47.9 Å². The smallest absolute Gasteiger partial charge is 0.545 e. The van der Waals surface area contributed by atoms with Crippen LogP contribution in [0.25, 0.3) is 0 Å². The van der Waals surface area contributed by atoms with Crippen LogP contribution in [-0.2, 0) is 19.2 Å². The Hall–Kier alpha value is -3.53. The van der Waals surface area contributed by atoms with Gasteiger partial charge in [-0.1, -0.05) is 98.1 Å². The van der Waals surface area contributed by atoms with Gasteiger partial charge in [-0.25, -0.2) is 9.59 Å². The van der Waals surface area contributed by atoms with E-state index in [1.54, 1.807) is 0 Å². The van der Waals surface area contributed by atoms with Crippen molar-refractivity contribution >= 4 is 23.9 Å². The van der Waals surface area contributed by atoms with Crippen molar-refractivity contribution in [3.05, 3.63) is 120 Å². The Morgan fingerprint density at radius 1 is 0.525 bits per heavy atom. The summed E-state index contributed by atoms with van der Waals surface area (Å²) in [6.45, 7) is 22.3. The average molecular weight is 541 g/mol. The van der Waals surface area contributed by atoms with Gasteiger partial charge in [0.05, 0.1) is 11.9 Å². The van der Waals surface area contributed by atoms with E-state index in [9.17, 15) is 29.4 Å². The molecule has 0 spiro atoms. The number of carboxylic acid groups (broad SMARTS) is 4. The molecular formula is C30H38Li2O8. The summed E-state index contributed by atoms with van der Waals surface area (Å²) in [6.07, 6.45) is 0. The molecule has 0 aliphatic heterocycles. The summed E-state index contributed by atoms with van der Waals surface area (Å²) in [5.41, 5.74) is 3.13. The van der Waals surface area contributed by atoms with Gasteiger partial charge in [0, 0.05) is 11.1 Å². The van der Waals surface area contributed by atoms with Crippen LogP contribution in [0.1, 0.15) is 38.8 Å². The van der Waals surface area contributed by atoms with E-state index in [2.05, 4.69) is 64.4 Å². The predicted molar refractivity (Wildman–Crippen MR) is 147 cm³/mol. The normalized spacial score (nSPS) is 7.55. The molecule has 2 aromatic rings. The molecule has 0 saturated carbocycles. The number of carbonyl (C=O) groups is 4. The van der Waals surface area contributed by atoms with Crippen molar-refractivity contribution in [2.45, 2.75) is 41.5 Å². The molecule has 0 unspecified atom stereocenters. The van der Waals surface area contributed by atoms with Gasteiger partial charge in [-0.3, -0.25) is 0 Å². The zero-order valence-electron chi connectivity index (χ0n) is 24.9. The zero-order valence-corrected chi connectivity index (χ0v) is 24.9. The van der Waals surface area contributed by atoms with E-state index < -0.39 is 23.9 Å². The molecule has 0 aliphatic rings. The van der Waals surface area contributed by atoms with Gasteiger partial charge in [-0.05, 0) is 52.7 Å². The zero-order chi connectivity index (χ0) is 30.8. The largest absolute Gasteiger partial charge is 1.00 e. The van der Waals surface area contributed by atoms with Crippen molar-refractivity contribution in [1.82, 2.24) is 0 Å². The van der Waals surface area contributed by atoms with E-state index in [1.165, 1.54) is 38.8 Å². The molecule has 2 rings (SSSR count). The second kappa shape index (κ2) is 31.7. The summed E-state index contributed by atoms with van der Waals surface area (Å²) in [4.78, 5) is 38.2. The van der Waals surface area contributed by atoms with Crippen LogP contribution in [0.4, 0.5) is 0 Å². The van der Waals surface area contributed by atoms with E-state index in [0.717, 1.165) is 0 Å². The number of carbonyl (C=O) groups excluding carboxylic acids is 2.